The highest BCUT2D eigenvalue weighted by Gasteiger charge is 2.21. The number of aromatic nitrogens is 2. The summed E-state index contributed by atoms with van der Waals surface area (Å²) in [6, 6.07) is 15.4. The zero-order valence-electron chi connectivity index (χ0n) is 17.5. The molecule has 0 radical (unpaired) electrons. The van der Waals surface area contributed by atoms with Crippen LogP contribution >= 0.6 is 11.3 Å². The van der Waals surface area contributed by atoms with Gasteiger partial charge in [-0.15, -0.1) is 11.3 Å². The first-order valence-corrected chi connectivity index (χ1v) is 11.1. The summed E-state index contributed by atoms with van der Waals surface area (Å²) in [6.07, 6.45) is 3.40. The number of carbonyl (C=O) groups excluding carboxylic acids is 2. The van der Waals surface area contributed by atoms with Crippen LogP contribution in [0.1, 0.15) is 28.5 Å². The molecule has 6 nitrogen and oxygen atoms in total. The fraction of sp³-hybridized carbons (Fsp3) is 0.208. The number of hydrogen-bond donors (Lipinski definition) is 1. The molecule has 0 saturated heterocycles. The summed E-state index contributed by atoms with van der Waals surface area (Å²) in [5, 5.41) is 4.93. The minimum Gasteiger partial charge on any atom is -0.347 e. The molecule has 0 aliphatic heterocycles. The Morgan fingerprint density at radius 2 is 1.84 bits per heavy atom. The van der Waals surface area contributed by atoms with Crippen LogP contribution in [0.25, 0.3) is 10.2 Å². The Morgan fingerprint density at radius 3 is 2.55 bits per heavy atom. The van der Waals surface area contributed by atoms with E-state index in [0.29, 0.717) is 18.8 Å². The van der Waals surface area contributed by atoms with Crippen molar-refractivity contribution in [1.82, 2.24) is 14.9 Å². The largest absolute Gasteiger partial charge is 0.347 e. The predicted molar refractivity (Wildman–Crippen MR) is 124 cm³/mol. The molecule has 0 aliphatic rings. The van der Waals surface area contributed by atoms with Crippen LogP contribution in [0.5, 0.6) is 0 Å². The standard InChI is InChI=1S/C24H24N4O2S/c1-3-27(19-6-4-17(2)5-7-19)23(29)16-28-20-10-13-31-22(20)14-21(28)24(30)26-15-18-8-11-25-12-9-18/h4-14H,3,15-16H2,1-2H3,(H,26,30). The number of pyridine rings is 1. The second-order valence-electron chi connectivity index (χ2n) is 7.30. The minimum absolute atomic E-state index is 0.0572. The number of likely N-dealkylation sites (N-methyl/N-ethyl adjacent to an activating group) is 1. The summed E-state index contributed by atoms with van der Waals surface area (Å²) in [7, 11) is 0. The number of amides is 2. The number of anilines is 1. The molecule has 4 rings (SSSR count). The van der Waals surface area contributed by atoms with E-state index < -0.39 is 0 Å². The lowest BCUT2D eigenvalue weighted by atomic mass is 10.2. The first kappa shape index (κ1) is 20.8. The average molecular weight is 433 g/mol. The van der Waals surface area contributed by atoms with E-state index in [4.69, 9.17) is 0 Å². The van der Waals surface area contributed by atoms with Crippen LogP contribution in [0, 0.1) is 6.92 Å². The summed E-state index contributed by atoms with van der Waals surface area (Å²) in [5.41, 5.74) is 4.36. The Bertz CT molecular complexity index is 1200. The normalized spacial score (nSPS) is 10.9. The minimum atomic E-state index is -0.202. The molecule has 3 heterocycles. The van der Waals surface area contributed by atoms with Crippen LogP contribution in [0.3, 0.4) is 0 Å². The Hall–Kier alpha value is -3.45. The number of nitrogens with one attached hydrogen (secondary N) is 1. The number of carbonyl (C=O) groups is 2. The number of fused-ring (bicyclic) bond motifs is 1. The molecule has 0 aliphatic carbocycles. The maximum atomic E-state index is 13.2. The number of rotatable bonds is 7. The Labute approximate surface area is 185 Å². The van der Waals surface area contributed by atoms with Crippen molar-refractivity contribution in [3.05, 3.63) is 83.1 Å². The van der Waals surface area contributed by atoms with Crippen molar-refractivity contribution in [2.24, 2.45) is 0 Å². The lowest BCUT2D eigenvalue weighted by Gasteiger charge is -2.22. The number of aryl methyl sites for hydroxylation is 1. The van der Waals surface area contributed by atoms with E-state index in [0.717, 1.165) is 27.0 Å². The summed E-state index contributed by atoms with van der Waals surface area (Å²) < 4.78 is 2.80. The highest BCUT2D eigenvalue weighted by Crippen LogP contribution is 2.26. The van der Waals surface area contributed by atoms with Gasteiger partial charge < -0.3 is 14.8 Å². The van der Waals surface area contributed by atoms with E-state index in [1.165, 1.54) is 0 Å². The van der Waals surface area contributed by atoms with Crippen LogP contribution < -0.4 is 10.2 Å². The SMILES string of the molecule is CCN(C(=O)Cn1c(C(=O)NCc2ccncc2)cc2sccc21)c1ccc(C)cc1. The lowest BCUT2D eigenvalue weighted by Crippen LogP contribution is -2.35. The van der Waals surface area contributed by atoms with Gasteiger partial charge >= 0.3 is 0 Å². The molecular formula is C24H24N4O2S. The van der Waals surface area contributed by atoms with Gasteiger partial charge in [0.1, 0.15) is 12.2 Å². The van der Waals surface area contributed by atoms with Gasteiger partial charge in [0.2, 0.25) is 5.91 Å². The Morgan fingerprint density at radius 1 is 1.10 bits per heavy atom. The van der Waals surface area contributed by atoms with Gasteiger partial charge in [0.25, 0.3) is 5.91 Å². The fourth-order valence-corrected chi connectivity index (χ4v) is 4.38. The maximum absolute atomic E-state index is 13.2. The van der Waals surface area contributed by atoms with E-state index in [1.54, 1.807) is 28.6 Å². The Kier molecular flexibility index (Phi) is 6.13. The van der Waals surface area contributed by atoms with Crippen LogP contribution in [-0.2, 0) is 17.9 Å². The first-order valence-electron chi connectivity index (χ1n) is 10.2. The van der Waals surface area contributed by atoms with Crippen molar-refractivity contribution in [2.45, 2.75) is 26.9 Å². The van der Waals surface area contributed by atoms with E-state index in [9.17, 15) is 9.59 Å². The van der Waals surface area contributed by atoms with Crippen LogP contribution in [0.2, 0.25) is 0 Å². The van der Waals surface area contributed by atoms with Crippen LogP contribution in [0.15, 0.2) is 66.3 Å². The molecule has 0 saturated carbocycles. The molecule has 3 aromatic heterocycles. The topological polar surface area (TPSA) is 67.2 Å². The van der Waals surface area contributed by atoms with E-state index in [1.807, 2.05) is 72.3 Å². The van der Waals surface area contributed by atoms with Gasteiger partial charge in [-0.05, 0) is 61.2 Å². The Balaban J connectivity index is 1.57. The van der Waals surface area contributed by atoms with Crippen molar-refractivity contribution in [1.29, 1.82) is 0 Å². The number of benzene rings is 1. The van der Waals surface area contributed by atoms with Crippen molar-refractivity contribution in [3.63, 3.8) is 0 Å². The molecule has 0 unspecified atom stereocenters. The monoisotopic (exact) mass is 432 g/mol. The van der Waals surface area contributed by atoms with Gasteiger partial charge in [-0.2, -0.15) is 0 Å². The van der Waals surface area contributed by atoms with Gasteiger partial charge in [0.15, 0.2) is 0 Å². The summed E-state index contributed by atoms with van der Waals surface area (Å²) in [5.74, 6) is -0.260. The van der Waals surface area contributed by atoms with Gasteiger partial charge in [-0.25, -0.2) is 0 Å². The summed E-state index contributed by atoms with van der Waals surface area (Å²) in [6.45, 7) is 5.03. The second kappa shape index (κ2) is 9.14. The highest BCUT2D eigenvalue weighted by atomic mass is 32.1. The second-order valence-corrected chi connectivity index (χ2v) is 8.25. The summed E-state index contributed by atoms with van der Waals surface area (Å²) in [4.78, 5) is 31.9. The van der Waals surface area contributed by atoms with E-state index in [-0.39, 0.29) is 18.4 Å². The van der Waals surface area contributed by atoms with Gasteiger partial charge in [0, 0.05) is 31.2 Å². The predicted octanol–water partition coefficient (Wildman–Crippen LogP) is 4.39. The lowest BCUT2D eigenvalue weighted by molar-refractivity contribution is -0.119. The molecule has 7 heteroatoms. The molecule has 2 amide bonds. The molecular weight excluding hydrogens is 408 g/mol. The van der Waals surface area contributed by atoms with Crippen molar-refractivity contribution in [3.8, 4) is 0 Å². The number of thiophene rings is 1. The van der Waals surface area contributed by atoms with E-state index in [2.05, 4.69) is 10.3 Å². The van der Waals surface area contributed by atoms with E-state index >= 15 is 0 Å². The quantitative estimate of drug-likeness (QED) is 0.471. The zero-order chi connectivity index (χ0) is 21.8. The molecule has 4 aromatic rings. The molecule has 0 fully saturated rings. The van der Waals surface area contributed by atoms with Crippen LogP contribution in [-0.4, -0.2) is 27.9 Å². The van der Waals surface area contributed by atoms with Crippen LogP contribution in [0.4, 0.5) is 5.69 Å². The molecule has 158 valence electrons. The molecule has 0 atom stereocenters. The maximum Gasteiger partial charge on any atom is 0.268 e. The number of nitrogens with zero attached hydrogens (tertiary/aromatic N) is 3. The average Bonchev–Trinajstić information content (AvgIpc) is 3.37. The zero-order valence-corrected chi connectivity index (χ0v) is 18.4. The summed E-state index contributed by atoms with van der Waals surface area (Å²) >= 11 is 1.56. The third-order valence-electron chi connectivity index (χ3n) is 5.21. The molecule has 1 aromatic carbocycles. The van der Waals surface area contributed by atoms with Crippen molar-refractivity contribution in [2.75, 3.05) is 11.4 Å². The van der Waals surface area contributed by atoms with Gasteiger partial charge in [-0.1, -0.05) is 17.7 Å². The third kappa shape index (κ3) is 4.51. The highest BCUT2D eigenvalue weighted by molar-refractivity contribution is 7.17. The molecule has 0 bridgehead atoms. The molecule has 31 heavy (non-hydrogen) atoms. The van der Waals surface area contributed by atoms with Crippen molar-refractivity contribution < 1.29 is 9.59 Å². The third-order valence-corrected chi connectivity index (χ3v) is 6.07. The smallest absolute Gasteiger partial charge is 0.268 e. The molecule has 0 spiro atoms. The fourth-order valence-electron chi connectivity index (χ4n) is 3.56. The molecule has 1 N–H and O–H groups in total. The first-order chi connectivity index (χ1) is 15.1. The van der Waals surface area contributed by atoms with Gasteiger partial charge in [0.05, 0.1) is 10.2 Å². The van der Waals surface area contributed by atoms with Crippen molar-refractivity contribution >= 4 is 39.1 Å². The number of hydrogen-bond acceptors (Lipinski definition) is 4. The van der Waals surface area contributed by atoms with Gasteiger partial charge in [-0.3, -0.25) is 14.6 Å².